The largest absolute Gasteiger partial charge is 0.494 e. The molecular weight excluding hydrogens is 368 g/mol. The van der Waals surface area contributed by atoms with Gasteiger partial charge in [-0.25, -0.2) is 4.98 Å². The summed E-state index contributed by atoms with van der Waals surface area (Å²) in [6, 6.07) is 17.4. The van der Waals surface area contributed by atoms with Crippen LogP contribution in [0, 0.1) is 0 Å². The lowest BCUT2D eigenvalue weighted by atomic mass is 10.3. The highest BCUT2D eigenvalue weighted by Gasteiger charge is 2.03. The van der Waals surface area contributed by atoms with Gasteiger partial charge in [-0.1, -0.05) is 12.1 Å². The molecule has 122 valence electrons. The number of rotatable bonds is 6. The van der Waals surface area contributed by atoms with Gasteiger partial charge in [0.2, 0.25) is 5.95 Å². The maximum atomic E-state index is 5.44. The van der Waals surface area contributed by atoms with Crippen molar-refractivity contribution in [2.75, 3.05) is 17.2 Å². The lowest BCUT2D eigenvalue weighted by Crippen LogP contribution is -2.00. The monoisotopic (exact) mass is 384 g/mol. The van der Waals surface area contributed by atoms with E-state index >= 15 is 0 Å². The molecule has 2 N–H and O–H groups in total. The van der Waals surface area contributed by atoms with Gasteiger partial charge in [-0.15, -0.1) is 0 Å². The highest BCUT2D eigenvalue weighted by atomic mass is 79.9. The van der Waals surface area contributed by atoms with Gasteiger partial charge in [0.15, 0.2) is 0 Å². The number of ether oxygens (including phenoxy) is 1. The van der Waals surface area contributed by atoms with Gasteiger partial charge in [-0.3, -0.25) is 0 Å². The summed E-state index contributed by atoms with van der Waals surface area (Å²) in [6.45, 7) is 2.62. The molecule has 2 aromatic carbocycles. The lowest BCUT2D eigenvalue weighted by Gasteiger charge is -2.10. The van der Waals surface area contributed by atoms with E-state index in [-0.39, 0.29) is 0 Å². The minimum atomic E-state index is 0.526. The third-order valence-electron chi connectivity index (χ3n) is 3.21. The van der Waals surface area contributed by atoms with E-state index in [0.29, 0.717) is 18.4 Å². The molecule has 5 nitrogen and oxygen atoms in total. The standard InChI is InChI=1S/C18H17BrN4O/c1-2-24-14-9-7-13(8-10-14)21-17-11-12-20-18(23-17)22-16-6-4-3-5-15(16)19/h3-12H,2H2,1H3,(H2,20,21,22,23). The first-order valence-corrected chi connectivity index (χ1v) is 8.38. The van der Waals surface area contributed by atoms with Crippen LogP contribution in [-0.4, -0.2) is 16.6 Å². The smallest absolute Gasteiger partial charge is 0.229 e. The Labute approximate surface area is 149 Å². The fourth-order valence-electron chi connectivity index (χ4n) is 2.12. The minimum absolute atomic E-state index is 0.526. The summed E-state index contributed by atoms with van der Waals surface area (Å²) in [6.07, 6.45) is 1.71. The second kappa shape index (κ2) is 7.79. The molecule has 24 heavy (non-hydrogen) atoms. The first-order chi connectivity index (χ1) is 11.7. The lowest BCUT2D eigenvalue weighted by molar-refractivity contribution is 0.340. The van der Waals surface area contributed by atoms with E-state index in [1.165, 1.54) is 0 Å². The number of hydrogen-bond acceptors (Lipinski definition) is 5. The Kier molecular flexibility index (Phi) is 5.28. The number of nitrogens with zero attached hydrogens (tertiary/aromatic N) is 2. The molecule has 1 heterocycles. The second-order valence-electron chi connectivity index (χ2n) is 4.95. The summed E-state index contributed by atoms with van der Waals surface area (Å²) in [4.78, 5) is 8.73. The fourth-order valence-corrected chi connectivity index (χ4v) is 2.50. The van der Waals surface area contributed by atoms with Crippen molar-refractivity contribution < 1.29 is 4.74 Å². The Bertz CT molecular complexity index is 808. The Morgan fingerprint density at radius 3 is 2.54 bits per heavy atom. The Morgan fingerprint density at radius 2 is 1.79 bits per heavy atom. The highest BCUT2D eigenvalue weighted by Crippen LogP contribution is 2.24. The van der Waals surface area contributed by atoms with Crippen molar-refractivity contribution in [3.8, 4) is 5.75 Å². The van der Waals surface area contributed by atoms with Gasteiger partial charge in [0.05, 0.1) is 12.3 Å². The van der Waals surface area contributed by atoms with E-state index in [2.05, 4.69) is 36.5 Å². The molecule has 0 aliphatic carbocycles. The molecular formula is C18H17BrN4O. The summed E-state index contributed by atoms with van der Waals surface area (Å²) in [7, 11) is 0. The van der Waals surface area contributed by atoms with Crippen molar-refractivity contribution in [2.24, 2.45) is 0 Å². The average Bonchev–Trinajstić information content (AvgIpc) is 2.59. The highest BCUT2D eigenvalue weighted by molar-refractivity contribution is 9.10. The number of nitrogens with one attached hydrogen (secondary N) is 2. The number of halogens is 1. The normalized spacial score (nSPS) is 10.2. The summed E-state index contributed by atoms with van der Waals surface area (Å²) in [5.41, 5.74) is 1.85. The molecule has 0 aliphatic heterocycles. The summed E-state index contributed by atoms with van der Waals surface area (Å²) in [5, 5.41) is 6.45. The quantitative estimate of drug-likeness (QED) is 0.617. The van der Waals surface area contributed by atoms with Gasteiger partial charge < -0.3 is 15.4 Å². The molecule has 0 unspecified atom stereocenters. The van der Waals surface area contributed by atoms with Crippen LogP contribution in [-0.2, 0) is 0 Å². The van der Waals surface area contributed by atoms with E-state index in [1.54, 1.807) is 6.20 Å². The Balaban J connectivity index is 1.72. The van der Waals surface area contributed by atoms with Crippen LogP contribution in [0.2, 0.25) is 0 Å². The van der Waals surface area contributed by atoms with Crippen LogP contribution < -0.4 is 15.4 Å². The van der Waals surface area contributed by atoms with Crippen molar-refractivity contribution in [1.29, 1.82) is 0 Å². The molecule has 0 spiro atoms. The maximum Gasteiger partial charge on any atom is 0.229 e. The van der Waals surface area contributed by atoms with Crippen molar-refractivity contribution in [2.45, 2.75) is 6.92 Å². The first-order valence-electron chi connectivity index (χ1n) is 7.59. The molecule has 6 heteroatoms. The van der Waals surface area contributed by atoms with Crippen LogP contribution in [0.1, 0.15) is 6.92 Å². The third kappa shape index (κ3) is 4.23. The molecule has 0 bridgehead atoms. The van der Waals surface area contributed by atoms with Gasteiger partial charge in [0, 0.05) is 16.4 Å². The van der Waals surface area contributed by atoms with Crippen molar-refractivity contribution in [3.05, 3.63) is 65.3 Å². The Hall–Kier alpha value is -2.60. The van der Waals surface area contributed by atoms with E-state index < -0.39 is 0 Å². The predicted molar refractivity (Wildman–Crippen MR) is 100 cm³/mol. The SMILES string of the molecule is CCOc1ccc(Nc2ccnc(Nc3ccccc3Br)n2)cc1. The molecule has 0 atom stereocenters. The van der Waals surface area contributed by atoms with E-state index in [9.17, 15) is 0 Å². The number of anilines is 4. The number of para-hydroxylation sites is 1. The third-order valence-corrected chi connectivity index (χ3v) is 3.91. The number of benzene rings is 2. The topological polar surface area (TPSA) is 59.1 Å². The van der Waals surface area contributed by atoms with Crippen LogP contribution in [0.3, 0.4) is 0 Å². The minimum Gasteiger partial charge on any atom is -0.494 e. The van der Waals surface area contributed by atoms with Gasteiger partial charge in [0.25, 0.3) is 0 Å². The summed E-state index contributed by atoms with van der Waals surface area (Å²) in [5.74, 6) is 2.09. The molecule has 0 saturated heterocycles. The predicted octanol–water partition coefficient (Wildman–Crippen LogP) is 5.13. The van der Waals surface area contributed by atoms with Gasteiger partial charge in [0.1, 0.15) is 11.6 Å². The van der Waals surface area contributed by atoms with Crippen LogP contribution in [0.25, 0.3) is 0 Å². The first kappa shape index (κ1) is 16.3. The maximum absolute atomic E-state index is 5.44. The zero-order chi connectivity index (χ0) is 16.8. The van der Waals surface area contributed by atoms with Crippen molar-refractivity contribution >= 4 is 39.1 Å². The van der Waals surface area contributed by atoms with Crippen molar-refractivity contribution in [1.82, 2.24) is 9.97 Å². The molecule has 0 saturated carbocycles. The van der Waals surface area contributed by atoms with Gasteiger partial charge in [-0.05, 0) is 65.3 Å². The molecule has 0 aliphatic rings. The molecule has 0 radical (unpaired) electrons. The fraction of sp³-hybridized carbons (Fsp3) is 0.111. The number of hydrogen-bond donors (Lipinski definition) is 2. The second-order valence-corrected chi connectivity index (χ2v) is 5.81. The van der Waals surface area contributed by atoms with Crippen LogP contribution in [0.4, 0.5) is 23.1 Å². The van der Waals surface area contributed by atoms with E-state index in [1.807, 2.05) is 61.5 Å². The molecule has 0 fully saturated rings. The van der Waals surface area contributed by atoms with E-state index in [4.69, 9.17) is 4.74 Å². The van der Waals surface area contributed by atoms with E-state index in [0.717, 1.165) is 21.6 Å². The molecule has 3 rings (SSSR count). The number of aromatic nitrogens is 2. The van der Waals surface area contributed by atoms with Crippen LogP contribution in [0.15, 0.2) is 65.3 Å². The molecule has 3 aromatic rings. The van der Waals surface area contributed by atoms with Crippen molar-refractivity contribution in [3.63, 3.8) is 0 Å². The zero-order valence-electron chi connectivity index (χ0n) is 13.2. The van der Waals surface area contributed by atoms with Gasteiger partial charge >= 0.3 is 0 Å². The van der Waals surface area contributed by atoms with Crippen LogP contribution in [0.5, 0.6) is 5.75 Å². The summed E-state index contributed by atoms with van der Waals surface area (Å²) >= 11 is 3.50. The van der Waals surface area contributed by atoms with Gasteiger partial charge in [-0.2, -0.15) is 4.98 Å². The molecule has 1 aromatic heterocycles. The summed E-state index contributed by atoms with van der Waals surface area (Å²) < 4.78 is 6.40. The zero-order valence-corrected chi connectivity index (χ0v) is 14.7. The van der Waals surface area contributed by atoms with Crippen LogP contribution >= 0.6 is 15.9 Å². The Morgan fingerprint density at radius 1 is 1.00 bits per heavy atom. The average molecular weight is 385 g/mol. The molecule has 0 amide bonds.